The van der Waals surface area contributed by atoms with Gasteiger partial charge in [0.1, 0.15) is 0 Å². The van der Waals surface area contributed by atoms with Crippen molar-refractivity contribution in [1.82, 2.24) is 5.32 Å². The predicted octanol–water partition coefficient (Wildman–Crippen LogP) is 4.16. The Bertz CT molecular complexity index is 404. The van der Waals surface area contributed by atoms with Crippen LogP contribution in [0.15, 0.2) is 18.2 Å². The SMILES string of the molecule is CC(C)C[C@H](C)NC(=O)c1ccc(Cl)c(Cl)c1. The van der Waals surface area contributed by atoms with E-state index in [0.717, 1.165) is 6.42 Å². The number of nitrogens with one attached hydrogen (secondary N) is 1. The van der Waals surface area contributed by atoms with E-state index in [1.807, 2.05) is 6.92 Å². The molecule has 0 saturated heterocycles. The van der Waals surface area contributed by atoms with Gasteiger partial charge in [-0.1, -0.05) is 37.0 Å². The Morgan fingerprint density at radius 3 is 2.41 bits per heavy atom. The molecule has 0 aliphatic carbocycles. The van der Waals surface area contributed by atoms with Crippen molar-refractivity contribution in [2.45, 2.75) is 33.2 Å². The fraction of sp³-hybridized carbons (Fsp3) is 0.462. The molecule has 0 heterocycles. The second-order valence-corrected chi connectivity index (χ2v) is 5.45. The van der Waals surface area contributed by atoms with Gasteiger partial charge in [-0.2, -0.15) is 0 Å². The Balaban J connectivity index is 2.66. The number of amides is 1. The summed E-state index contributed by atoms with van der Waals surface area (Å²) in [5.74, 6) is 0.441. The highest BCUT2D eigenvalue weighted by Gasteiger charge is 2.12. The number of benzene rings is 1. The second kappa shape index (κ2) is 6.27. The molecule has 0 aromatic heterocycles. The zero-order valence-corrected chi connectivity index (χ0v) is 11.8. The molecular formula is C13H17Cl2NO. The van der Waals surface area contributed by atoms with Crippen molar-refractivity contribution in [3.8, 4) is 0 Å². The summed E-state index contributed by atoms with van der Waals surface area (Å²) in [6.45, 7) is 6.25. The Morgan fingerprint density at radius 2 is 1.88 bits per heavy atom. The molecule has 0 fully saturated rings. The van der Waals surface area contributed by atoms with Crippen molar-refractivity contribution in [2.24, 2.45) is 5.92 Å². The zero-order chi connectivity index (χ0) is 13.0. The molecule has 0 aliphatic rings. The predicted molar refractivity (Wildman–Crippen MR) is 72.8 cm³/mol. The minimum absolute atomic E-state index is 0.114. The lowest BCUT2D eigenvalue weighted by atomic mass is 10.0. The van der Waals surface area contributed by atoms with Crippen molar-refractivity contribution in [3.63, 3.8) is 0 Å². The van der Waals surface area contributed by atoms with Crippen LogP contribution in [0.25, 0.3) is 0 Å². The minimum Gasteiger partial charge on any atom is -0.350 e. The summed E-state index contributed by atoms with van der Waals surface area (Å²) in [6, 6.07) is 5.04. The fourth-order valence-corrected chi connectivity index (χ4v) is 2.01. The molecule has 0 spiro atoms. The van der Waals surface area contributed by atoms with E-state index in [1.54, 1.807) is 18.2 Å². The van der Waals surface area contributed by atoms with E-state index >= 15 is 0 Å². The van der Waals surface area contributed by atoms with E-state index < -0.39 is 0 Å². The molecule has 17 heavy (non-hydrogen) atoms. The standard InChI is InChI=1S/C13H17Cl2NO/c1-8(2)6-9(3)16-13(17)10-4-5-11(14)12(15)7-10/h4-5,7-9H,6H2,1-3H3,(H,16,17)/t9-/m0/s1. The monoisotopic (exact) mass is 273 g/mol. The molecule has 2 nitrogen and oxygen atoms in total. The van der Waals surface area contributed by atoms with Crippen LogP contribution in [0, 0.1) is 5.92 Å². The maximum atomic E-state index is 11.9. The van der Waals surface area contributed by atoms with E-state index in [2.05, 4.69) is 19.2 Å². The van der Waals surface area contributed by atoms with E-state index in [4.69, 9.17) is 23.2 Å². The highest BCUT2D eigenvalue weighted by molar-refractivity contribution is 6.42. The van der Waals surface area contributed by atoms with Gasteiger partial charge in [0, 0.05) is 11.6 Å². The Labute approximate surface area is 112 Å². The third-order valence-corrected chi connectivity index (χ3v) is 3.12. The van der Waals surface area contributed by atoms with Gasteiger partial charge in [0.2, 0.25) is 0 Å². The molecule has 4 heteroatoms. The maximum absolute atomic E-state index is 11.9. The van der Waals surface area contributed by atoms with Crippen molar-refractivity contribution >= 4 is 29.1 Å². The number of rotatable bonds is 4. The lowest BCUT2D eigenvalue weighted by Gasteiger charge is -2.16. The van der Waals surface area contributed by atoms with Crippen molar-refractivity contribution < 1.29 is 4.79 Å². The van der Waals surface area contributed by atoms with Crippen LogP contribution in [0.2, 0.25) is 10.0 Å². The van der Waals surface area contributed by atoms with Crippen molar-refractivity contribution in [1.29, 1.82) is 0 Å². The Kier molecular flexibility index (Phi) is 5.29. The number of carbonyl (C=O) groups is 1. The molecule has 0 radical (unpaired) electrons. The maximum Gasteiger partial charge on any atom is 0.251 e. The summed E-state index contributed by atoms with van der Waals surface area (Å²) in [5, 5.41) is 3.79. The van der Waals surface area contributed by atoms with Crippen LogP contribution in [-0.4, -0.2) is 11.9 Å². The van der Waals surface area contributed by atoms with E-state index in [-0.39, 0.29) is 11.9 Å². The number of hydrogen-bond acceptors (Lipinski definition) is 1. The average Bonchev–Trinajstić information content (AvgIpc) is 2.20. The first kappa shape index (κ1) is 14.3. The summed E-state index contributed by atoms with van der Waals surface area (Å²) < 4.78 is 0. The summed E-state index contributed by atoms with van der Waals surface area (Å²) in [4.78, 5) is 11.9. The lowest BCUT2D eigenvalue weighted by Crippen LogP contribution is -2.33. The average molecular weight is 274 g/mol. The van der Waals surface area contributed by atoms with Crippen LogP contribution in [0.1, 0.15) is 37.6 Å². The zero-order valence-electron chi connectivity index (χ0n) is 10.3. The van der Waals surface area contributed by atoms with Crippen molar-refractivity contribution in [3.05, 3.63) is 33.8 Å². The highest BCUT2D eigenvalue weighted by Crippen LogP contribution is 2.22. The molecule has 1 rings (SSSR count). The molecule has 0 aliphatic heterocycles. The van der Waals surface area contributed by atoms with Crippen molar-refractivity contribution in [2.75, 3.05) is 0 Å². The van der Waals surface area contributed by atoms with Gasteiger partial charge >= 0.3 is 0 Å². The first-order valence-corrected chi connectivity index (χ1v) is 6.41. The van der Waals surface area contributed by atoms with Gasteiger partial charge in [-0.25, -0.2) is 0 Å². The largest absolute Gasteiger partial charge is 0.350 e. The minimum atomic E-state index is -0.114. The molecule has 0 saturated carbocycles. The van der Waals surface area contributed by atoms with Crippen LogP contribution >= 0.6 is 23.2 Å². The fourth-order valence-electron chi connectivity index (χ4n) is 1.71. The Morgan fingerprint density at radius 1 is 1.24 bits per heavy atom. The summed E-state index contributed by atoms with van der Waals surface area (Å²) >= 11 is 11.7. The third-order valence-electron chi connectivity index (χ3n) is 2.38. The first-order chi connectivity index (χ1) is 7.90. The van der Waals surface area contributed by atoms with Gasteiger partial charge in [0.15, 0.2) is 0 Å². The number of hydrogen-bond donors (Lipinski definition) is 1. The van der Waals surface area contributed by atoms with Gasteiger partial charge in [-0.3, -0.25) is 4.79 Å². The molecule has 1 amide bonds. The van der Waals surface area contributed by atoms with Gasteiger partial charge in [-0.15, -0.1) is 0 Å². The van der Waals surface area contributed by atoms with E-state index in [1.165, 1.54) is 0 Å². The van der Waals surface area contributed by atoms with Gasteiger partial charge in [0.25, 0.3) is 5.91 Å². The molecule has 0 bridgehead atoms. The molecule has 0 unspecified atom stereocenters. The van der Waals surface area contributed by atoms with Crippen LogP contribution in [-0.2, 0) is 0 Å². The number of carbonyl (C=O) groups excluding carboxylic acids is 1. The van der Waals surface area contributed by atoms with Crippen LogP contribution in [0.3, 0.4) is 0 Å². The van der Waals surface area contributed by atoms with Crippen LogP contribution in [0.4, 0.5) is 0 Å². The summed E-state index contributed by atoms with van der Waals surface area (Å²) in [5.41, 5.74) is 0.537. The normalized spacial score (nSPS) is 12.6. The molecule has 1 aromatic carbocycles. The van der Waals surface area contributed by atoms with Gasteiger partial charge in [-0.05, 0) is 37.5 Å². The topological polar surface area (TPSA) is 29.1 Å². The molecule has 94 valence electrons. The third kappa shape index (κ3) is 4.57. The molecule has 1 aromatic rings. The molecule has 1 N–H and O–H groups in total. The quantitative estimate of drug-likeness (QED) is 0.877. The lowest BCUT2D eigenvalue weighted by molar-refractivity contribution is 0.0936. The van der Waals surface area contributed by atoms with E-state index in [9.17, 15) is 4.79 Å². The van der Waals surface area contributed by atoms with Gasteiger partial charge in [0.05, 0.1) is 10.0 Å². The highest BCUT2D eigenvalue weighted by atomic mass is 35.5. The molecular weight excluding hydrogens is 257 g/mol. The first-order valence-electron chi connectivity index (χ1n) is 5.66. The summed E-state index contributed by atoms with van der Waals surface area (Å²) in [7, 11) is 0. The summed E-state index contributed by atoms with van der Waals surface area (Å²) in [6.07, 6.45) is 0.951. The molecule has 1 atom stereocenters. The second-order valence-electron chi connectivity index (χ2n) is 4.63. The van der Waals surface area contributed by atoms with Gasteiger partial charge < -0.3 is 5.32 Å². The smallest absolute Gasteiger partial charge is 0.251 e. The Hall–Kier alpha value is -0.730. The van der Waals surface area contributed by atoms with Crippen LogP contribution in [0.5, 0.6) is 0 Å². The van der Waals surface area contributed by atoms with E-state index in [0.29, 0.717) is 21.5 Å². The number of halogens is 2. The van der Waals surface area contributed by atoms with Crippen LogP contribution < -0.4 is 5.32 Å².